The molecule has 0 atom stereocenters. The molecule has 1 saturated heterocycles. The minimum atomic E-state index is -1.02. The van der Waals surface area contributed by atoms with Crippen molar-refractivity contribution in [2.75, 3.05) is 26.2 Å². The van der Waals surface area contributed by atoms with Gasteiger partial charge in [0.25, 0.3) is 0 Å². The molecule has 1 aliphatic carbocycles. The van der Waals surface area contributed by atoms with Crippen LogP contribution in [0.4, 0.5) is 4.79 Å². The van der Waals surface area contributed by atoms with Crippen LogP contribution in [0.1, 0.15) is 38.5 Å². The first-order valence-electron chi connectivity index (χ1n) is 7.14. The van der Waals surface area contributed by atoms with Crippen LogP contribution >= 0.6 is 0 Å². The van der Waals surface area contributed by atoms with Crippen LogP contribution in [-0.4, -0.2) is 53.7 Å². The number of hydrogen-bond donors (Lipinski definition) is 3. The zero-order valence-electron chi connectivity index (χ0n) is 11.3. The molecule has 2 rings (SSSR count). The van der Waals surface area contributed by atoms with Crippen LogP contribution in [0.2, 0.25) is 0 Å². The predicted molar refractivity (Wildman–Crippen MR) is 71.0 cm³/mol. The highest BCUT2D eigenvalue weighted by molar-refractivity contribution is 5.87. The maximum Gasteiger partial charge on any atom is 0.329 e. The molecule has 0 radical (unpaired) electrons. The fourth-order valence-electron chi connectivity index (χ4n) is 2.69. The Morgan fingerprint density at radius 1 is 1.11 bits per heavy atom. The van der Waals surface area contributed by atoms with Gasteiger partial charge >= 0.3 is 12.0 Å². The van der Waals surface area contributed by atoms with Crippen LogP contribution in [0.15, 0.2) is 0 Å². The van der Waals surface area contributed by atoms with Crippen molar-refractivity contribution in [3.8, 4) is 0 Å². The summed E-state index contributed by atoms with van der Waals surface area (Å²) in [6.45, 7) is 3.61. The second-order valence-corrected chi connectivity index (χ2v) is 5.52. The molecule has 108 valence electrons. The number of likely N-dealkylation sites (tertiary alicyclic amines) is 1. The van der Waals surface area contributed by atoms with Gasteiger partial charge in [0.1, 0.15) is 5.54 Å². The molecule has 19 heavy (non-hydrogen) atoms. The van der Waals surface area contributed by atoms with Gasteiger partial charge in [-0.25, -0.2) is 9.59 Å². The lowest BCUT2D eigenvalue weighted by Crippen LogP contribution is -2.61. The molecule has 3 N–H and O–H groups in total. The lowest BCUT2D eigenvalue weighted by Gasteiger charge is -2.38. The van der Waals surface area contributed by atoms with Gasteiger partial charge in [0.05, 0.1) is 0 Å². The van der Waals surface area contributed by atoms with E-state index in [4.69, 9.17) is 5.11 Å². The first kappa shape index (κ1) is 14.1. The van der Waals surface area contributed by atoms with Gasteiger partial charge in [0.2, 0.25) is 0 Å². The van der Waals surface area contributed by atoms with Gasteiger partial charge in [-0.15, -0.1) is 0 Å². The van der Waals surface area contributed by atoms with Crippen LogP contribution in [0.25, 0.3) is 0 Å². The summed E-state index contributed by atoms with van der Waals surface area (Å²) < 4.78 is 0. The number of nitrogens with one attached hydrogen (secondary N) is 2. The summed E-state index contributed by atoms with van der Waals surface area (Å²) in [7, 11) is 0. The molecule has 2 aliphatic rings. The van der Waals surface area contributed by atoms with E-state index in [2.05, 4.69) is 15.5 Å². The minimum Gasteiger partial charge on any atom is -0.480 e. The Bertz CT molecular complexity index is 336. The zero-order valence-corrected chi connectivity index (χ0v) is 11.3. The van der Waals surface area contributed by atoms with Crippen molar-refractivity contribution in [1.82, 2.24) is 15.5 Å². The average Bonchev–Trinajstić information content (AvgIpc) is 2.34. The average molecular weight is 269 g/mol. The molecule has 0 bridgehead atoms. The Morgan fingerprint density at radius 3 is 2.32 bits per heavy atom. The molecule has 6 nitrogen and oxygen atoms in total. The zero-order chi connectivity index (χ0) is 13.7. The van der Waals surface area contributed by atoms with E-state index >= 15 is 0 Å². The number of rotatable bonds is 5. The lowest BCUT2D eigenvalue weighted by molar-refractivity contribution is -0.148. The lowest BCUT2D eigenvalue weighted by atomic mass is 9.77. The topological polar surface area (TPSA) is 81.7 Å². The summed E-state index contributed by atoms with van der Waals surface area (Å²) in [6.07, 6.45) is 5.68. The SMILES string of the molecule is O=C(NCCN1CCCCC1)NC1(C(=O)O)CCC1. The van der Waals surface area contributed by atoms with E-state index in [1.807, 2.05) is 0 Å². The Kier molecular flexibility index (Phi) is 4.63. The summed E-state index contributed by atoms with van der Waals surface area (Å²) in [5, 5.41) is 14.5. The van der Waals surface area contributed by atoms with Crippen molar-refractivity contribution in [1.29, 1.82) is 0 Å². The highest BCUT2D eigenvalue weighted by Gasteiger charge is 2.45. The number of nitrogens with zero attached hydrogens (tertiary/aromatic N) is 1. The molecule has 0 spiro atoms. The normalized spacial score (nSPS) is 22.3. The van der Waals surface area contributed by atoms with Crippen LogP contribution < -0.4 is 10.6 Å². The summed E-state index contributed by atoms with van der Waals surface area (Å²) in [4.78, 5) is 25.1. The maximum atomic E-state index is 11.7. The van der Waals surface area contributed by atoms with Crippen LogP contribution in [0, 0.1) is 0 Å². The van der Waals surface area contributed by atoms with Crippen LogP contribution in [0.3, 0.4) is 0 Å². The summed E-state index contributed by atoms with van der Waals surface area (Å²) in [5.41, 5.74) is -1.02. The molecule has 1 heterocycles. The number of piperidine rings is 1. The van der Waals surface area contributed by atoms with E-state index in [1.54, 1.807) is 0 Å². The van der Waals surface area contributed by atoms with Crippen LogP contribution in [-0.2, 0) is 4.79 Å². The summed E-state index contributed by atoms with van der Waals surface area (Å²) >= 11 is 0. The molecule has 0 aromatic heterocycles. The Hall–Kier alpha value is -1.30. The third-order valence-corrected chi connectivity index (χ3v) is 4.13. The molecule has 0 aromatic carbocycles. The maximum absolute atomic E-state index is 11.7. The van der Waals surface area contributed by atoms with Crippen molar-refractivity contribution in [2.24, 2.45) is 0 Å². The van der Waals surface area contributed by atoms with Gasteiger partial charge in [0, 0.05) is 13.1 Å². The molecule has 1 aliphatic heterocycles. The number of carbonyl (C=O) groups excluding carboxylic acids is 1. The smallest absolute Gasteiger partial charge is 0.329 e. The molecule has 1 saturated carbocycles. The van der Waals surface area contributed by atoms with E-state index in [0.717, 1.165) is 26.1 Å². The van der Waals surface area contributed by atoms with Crippen molar-refractivity contribution in [3.63, 3.8) is 0 Å². The molecular weight excluding hydrogens is 246 g/mol. The van der Waals surface area contributed by atoms with Gasteiger partial charge in [-0.05, 0) is 45.2 Å². The molecule has 2 fully saturated rings. The Balaban J connectivity index is 1.65. The third kappa shape index (κ3) is 3.59. The summed E-state index contributed by atoms with van der Waals surface area (Å²) in [6, 6.07) is -0.362. The predicted octanol–water partition coefficient (Wildman–Crippen LogP) is 0.779. The number of amides is 2. The van der Waals surface area contributed by atoms with E-state index in [0.29, 0.717) is 19.4 Å². The third-order valence-electron chi connectivity index (χ3n) is 4.13. The van der Waals surface area contributed by atoms with E-state index in [1.165, 1.54) is 19.3 Å². The quantitative estimate of drug-likeness (QED) is 0.689. The highest BCUT2D eigenvalue weighted by atomic mass is 16.4. The molecule has 0 unspecified atom stereocenters. The van der Waals surface area contributed by atoms with Crippen molar-refractivity contribution < 1.29 is 14.7 Å². The van der Waals surface area contributed by atoms with Gasteiger partial charge in [-0.1, -0.05) is 6.42 Å². The van der Waals surface area contributed by atoms with Gasteiger partial charge in [0.15, 0.2) is 0 Å². The second-order valence-electron chi connectivity index (χ2n) is 5.52. The monoisotopic (exact) mass is 269 g/mol. The number of urea groups is 1. The standard InChI is InChI=1S/C13H23N3O3/c17-11(18)13(5-4-6-13)15-12(19)14-7-10-16-8-2-1-3-9-16/h1-10H2,(H,17,18)(H2,14,15,19). The first-order valence-corrected chi connectivity index (χ1v) is 7.14. The van der Waals surface area contributed by atoms with Crippen molar-refractivity contribution >= 4 is 12.0 Å². The number of carbonyl (C=O) groups is 2. The van der Waals surface area contributed by atoms with Crippen LogP contribution in [0.5, 0.6) is 0 Å². The molecule has 0 aromatic rings. The first-order chi connectivity index (χ1) is 9.12. The molecule has 2 amide bonds. The number of aliphatic carboxylic acids is 1. The van der Waals surface area contributed by atoms with E-state index < -0.39 is 11.5 Å². The van der Waals surface area contributed by atoms with Gasteiger partial charge in [-0.3, -0.25) is 0 Å². The molecule has 6 heteroatoms. The van der Waals surface area contributed by atoms with Crippen molar-refractivity contribution in [2.45, 2.75) is 44.1 Å². The van der Waals surface area contributed by atoms with Crippen molar-refractivity contribution in [3.05, 3.63) is 0 Å². The fraction of sp³-hybridized carbons (Fsp3) is 0.846. The Labute approximate surface area is 113 Å². The number of hydrogen-bond acceptors (Lipinski definition) is 3. The Morgan fingerprint density at radius 2 is 1.79 bits per heavy atom. The van der Waals surface area contributed by atoms with E-state index in [9.17, 15) is 9.59 Å². The number of carboxylic acid groups (broad SMARTS) is 1. The fourth-order valence-corrected chi connectivity index (χ4v) is 2.69. The van der Waals surface area contributed by atoms with Gasteiger partial charge < -0.3 is 20.6 Å². The minimum absolute atomic E-state index is 0.362. The highest BCUT2D eigenvalue weighted by Crippen LogP contribution is 2.31. The number of carboxylic acids is 1. The van der Waals surface area contributed by atoms with E-state index in [-0.39, 0.29) is 6.03 Å². The van der Waals surface area contributed by atoms with Gasteiger partial charge in [-0.2, -0.15) is 0 Å². The molecular formula is C13H23N3O3. The largest absolute Gasteiger partial charge is 0.480 e. The summed E-state index contributed by atoms with van der Waals surface area (Å²) in [5.74, 6) is -0.926. The second kappa shape index (κ2) is 6.23.